The van der Waals surface area contributed by atoms with Crippen molar-refractivity contribution in [3.63, 3.8) is 0 Å². The Kier molecular flexibility index (Phi) is 8.85. The zero-order chi connectivity index (χ0) is 33.6. The van der Waals surface area contributed by atoms with Crippen LogP contribution in [0.4, 0.5) is 10.5 Å². The molecule has 0 heterocycles. The SMILES string of the molecule is CCCN(Cc1cc(N(C)C)c2c(c1O)C(O)=C1C(=O)C3C(=O)C(C(N)=O)=C(O)[C@@H](N(C)C)C3CC1C2)C(=O)Oc1ccccc1. The van der Waals surface area contributed by atoms with Crippen LogP contribution < -0.4 is 15.4 Å². The third kappa shape index (κ3) is 5.46. The molecule has 2 aromatic carbocycles. The van der Waals surface area contributed by atoms with Gasteiger partial charge in [-0.2, -0.15) is 0 Å². The molecule has 46 heavy (non-hydrogen) atoms. The molecular weight excluding hydrogens is 592 g/mol. The maximum atomic E-state index is 14.1. The average Bonchev–Trinajstić information content (AvgIpc) is 2.97. The number of carbonyl (C=O) groups is 4. The number of nitrogens with zero attached hydrogens (tertiary/aromatic N) is 3. The van der Waals surface area contributed by atoms with Gasteiger partial charge in [-0.05, 0) is 69.0 Å². The Morgan fingerprint density at radius 3 is 2.28 bits per heavy atom. The molecule has 0 bridgehead atoms. The topological polar surface area (TPSA) is 174 Å². The van der Waals surface area contributed by atoms with Crippen LogP contribution in [0.1, 0.15) is 36.5 Å². The minimum Gasteiger partial charge on any atom is -0.510 e. The minimum atomic E-state index is -1.34. The van der Waals surface area contributed by atoms with Crippen LogP contribution in [0.15, 0.2) is 53.3 Å². The van der Waals surface area contributed by atoms with Crippen molar-refractivity contribution in [1.29, 1.82) is 0 Å². The van der Waals surface area contributed by atoms with Gasteiger partial charge < -0.3 is 35.6 Å². The second kappa shape index (κ2) is 12.5. The van der Waals surface area contributed by atoms with Gasteiger partial charge in [-0.25, -0.2) is 4.79 Å². The zero-order valence-electron chi connectivity index (χ0n) is 26.6. The lowest BCUT2D eigenvalue weighted by molar-refractivity contribution is -0.136. The highest BCUT2D eigenvalue weighted by molar-refractivity contribution is 6.28. The van der Waals surface area contributed by atoms with Crippen LogP contribution in [0, 0.1) is 17.8 Å². The molecule has 1 fully saturated rings. The number of hydrogen-bond donors (Lipinski definition) is 4. The summed E-state index contributed by atoms with van der Waals surface area (Å²) in [5.41, 5.74) is 6.53. The number of para-hydroxylation sites is 1. The molecule has 0 radical (unpaired) electrons. The van der Waals surface area contributed by atoms with Gasteiger partial charge in [0.05, 0.1) is 24.1 Å². The van der Waals surface area contributed by atoms with E-state index in [2.05, 4.69) is 0 Å². The predicted octanol–water partition coefficient (Wildman–Crippen LogP) is 3.33. The number of rotatable bonds is 8. The third-order valence-corrected chi connectivity index (χ3v) is 9.16. The van der Waals surface area contributed by atoms with Crippen LogP contribution in [-0.4, -0.2) is 89.5 Å². The van der Waals surface area contributed by atoms with Crippen LogP contribution in [0.25, 0.3) is 5.76 Å². The summed E-state index contributed by atoms with van der Waals surface area (Å²) in [5, 5.41) is 34.4. The number of amides is 2. The van der Waals surface area contributed by atoms with E-state index in [1.54, 1.807) is 55.4 Å². The first-order valence-corrected chi connectivity index (χ1v) is 15.3. The summed E-state index contributed by atoms with van der Waals surface area (Å²) in [7, 11) is 6.99. The molecule has 12 heteroatoms. The largest absolute Gasteiger partial charge is 0.510 e. The Bertz CT molecular complexity index is 1660. The van der Waals surface area contributed by atoms with E-state index in [0.29, 0.717) is 35.5 Å². The van der Waals surface area contributed by atoms with Crippen molar-refractivity contribution in [3.8, 4) is 11.5 Å². The molecule has 0 aromatic heterocycles. The van der Waals surface area contributed by atoms with Crippen LogP contribution >= 0.6 is 0 Å². The van der Waals surface area contributed by atoms with Crippen molar-refractivity contribution < 1.29 is 39.2 Å². The molecule has 3 aliphatic rings. The number of likely N-dealkylation sites (N-methyl/N-ethyl adjacent to an activating group) is 1. The number of benzene rings is 2. The molecule has 12 nitrogen and oxygen atoms in total. The van der Waals surface area contributed by atoms with E-state index in [4.69, 9.17) is 10.5 Å². The van der Waals surface area contributed by atoms with E-state index in [1.165, 1.54) is 4.90 Å². The second-order valence-electron chi connectivity index (χ2n) is 12.6. The van der Waals surface area contributed by atoms with Gasteiger partial charge >= 0.3 is 6.09 Å². The number of ketones is 2. The fourth-order valence-electron chi connectivity index (χ4n) is 7.25. The Hall–Kier alpha value is -4.84. The molecule has 2 amide bonds. The van der Waals surface area contributed by atoms with E-state index in [9.17, 15) is 34.5 Å². The average molecular weight is 633 g/mol. The Labute approximate surface area is 267 Å². The predicted molar refractivity (Wildman–Crippen MR) is 170 cm³/mol. The number of phenols is 1. The number of aliphatic hydroxyl groups excluding tert-OH is 2. The number of nitrogens with two attached hydrogens (primary N) is 1. The first kappa shape index (κ1) is 32.6. The normalized spacial score (nSPS) is 22.3. The van der Waals surface area contributed by atoms with E-state index in [0.717, 1.165) is 0 Å². The quantitative estimate of drug-likeness (QED) is 0.250. The second-order valence-corrected chi connectivity index (χ2v) is 12.6. The molecule has 4 atom stereocenters. The number of anilines is 1. The number of aliphatic hydroxyl groups is 2. The fourth-order valence-corrected chi connectivity index (χ4v) is 7.25. The molecule has 5 rings (SSSR count). The number of allylic oxidation sites excluding steroid dienone is 1. The van der Waals surface area contributed by atoms with Crippen molar-refractivity contribution >= 4 is 35.0 Å². The van der Waals surface area contributed by atoms with Crippen molar-refractivity contribution in [3.05, 3.63) is 70.0 Å². The zero-order valence-corrected chi connectivity index (χ0v) is 26.6. The number of primary amides is 1. The van der Waals surface area contributed by atoms with Gasteiger partial charge in [0.2, 0.25) is 0 Å². The maximum absolute atomic E-state index is 14.1. The fraction of sp³-hybridized carbons (Fsp3) is 0.412. The van der Waals surface area contributed by atoms with Crippen molar-refractivity contribution in [1.82, 2.24) is 9.80 Å². The molecule has 2 aromatic rings. The number of carbonyl (C=O) groups excluding carboxylic acids is 4. The van der Waals surface area contributed by atoms with E-state index in [1.807, 2.05) is 25.9 Å². The minimum absolute atomic E-state index is 0.00382. The van der Waals surface area contributed by atoms with Gasteiger partial charge in [-0.15, -0.1) is 0 Å². The summed E-state index contributed by atoms with van der Waals surface area (Å²) in [6.45, 7) is 2.19. The van der Waals surface area contributed by atoms with Gasteiger partial charge in [0.25, 0.3) is 5.91 Å². The van der Waals surface area contributed by atoms with Crippen molar-refractivity contribution in [2.75, 3.05) is 39.6 Å². The molecule has 0 spiro atoms. The lowest BCUT2D eigenvalue weighted by atomic mass is 9.59. The highest BCUT2D eigenvalue weighted by Crippen LogP contribution is 2.52. The van der Waals surface area contributed by atoms with Gasteiger partial charge in [-0.1, -0.05) is 25.1 Å². The highest BCUT2D eigenvalue weighted by atomic mass is 16.6. The highest BCUT2D eigenvalue weighted by Gasteiger charge is 2.56. The Balaban J connectivity index is 1.59. The number of hydrogen-bond acceptors (Lipinski definition) is 10. The van der Waals surface area contributed by atoms with Gasteiger partial charge in [-0.3, -0.25) is 19.3 Å². The monoisotopic (exact) mass is 632 g/mol. The lowest BCUT2D eigenvalue weighted by Crippen LogP contribution is -2.55. The summed E-state index contributed by atoms with van der Waals surface area (Å²) in [5.74, 6) is -6.02. The summed E-state index contributed by atoms with van der Waals surface area (Å²) < 4.78 is 5.56. The molecule has 3 unspecified atom stereocenters. The molecule has 5 N–H and O–H groups in total. The molecule has 1 saturated carbocycles. The van der Waals surface area contributed by atoms with Crippen LogP contribution in [0.3, 0.4) is 0 Å². The smallest absolute Gasteiger partial charge is 0.415 e. The number of phenolic OH excluding ortho intramolecular Hbond substituents is 1. The molecule has 3 aliphatic carbocycles. The summed E-state index contributed by atoms with van der Waals surface area (Å²) in [6, 6.07) is 9.58. The number of aromatic hydroxyl groups is 1. The summed E-state index contributed by atoms with van der Waals surface area (Å²) in [4.78, 5) is 58.0. The van der Waals surface area contributed by atoms with Gasteiger partial charge in [0.15, 0.2) is 11.6 Å². The van der Waals surface area contributed by atoms with E-state index >= 15 is 0 Å². The van der Waals surface area contributed by atoms with Crippen molar-refractivity contribution in [2.24, 2.45) is 23.5 Å². The third-order valence-electron chi connectivity index (χ3n) is 9.16. The number of fused-ring (bicyclic) bond motifs is 3. The molecule has 244 valence electrons. The number of Topliss-reactive ketones (excluding diaryl/α,β-unsaturated/α-hetero) is 2. The van der Waals surface area contributed by atoms with Crippen LogP contribution in [0.2, 0.25) is 0 Å². The van der Waals surface area contributed by atoms with Gasteiger partial charge in [0, 0.05) is 37.5 Å². The van der Waals surface area contributed by atoms with Crippen LogP contribution in [-0.2, 0) is 27.3 Å². The van der Waals surface area contributed by atoms with E-state index < -0.39 is 64.5 Å². The standard InChI is InChI=1S/C34H40N4O8/c1-6-12-38(34(45)46-19-10-8-7-9-11-19)16-18-15-22(36(2)3)20-13-17-14-21-25(30(41)23(17)29(40)24(20)28(18)39)31(42)26(33(35)44)32(43)27(21)37(4)5/h7-11,15,17,21,25,27,39-40,43H,6,12-14,16H2,1-5H3,(H2,35,44)/t17?,21?,25?,27-/m0/s1. The molecular formula is C34H40N4O8. The molecule has 0 aliphatic heterocycles. The summed E-state index contributed by atoms with van der Waals surface area (Å²) in [6.07, 6.45) is 0.524. The first-order chi connectivity index (χ1) is 21.8. The molecule has 0 saturated heterocycles. The summed E-state index contributed by atoms with van der Waals surface area (Å²) >= 11 is 0. The van der Waals surface area contributed by atoms with E-state index in [-0.39, 0.29) is 36.3 Å². The van der Waals surface area contributed by atoms with Crippen LogP contribution in [0.5, 0.6) is 11.5 Å². The Morgan fingerprint density at radius 2 is 1.70 bits per heavy atom. The van der Waals surface area contributed by atoms with Gasteiger partial charge in [0.1, 0.15) is 28.6 Å². The maximum Gasteiger partial charge on any atom is 0.415 e. The number of ether oxygens (including phenoxy) is 1. The first-order valence-electron chi connectivity index (χ1n) is 15.3. The Morgan fingerprint density at radius 1 is 1.02 bits per heavy atom. The lowest BCUT2D eigenvalue weighted by Gasteiger charge is -2.46. The van der Waals surface area contributed by atoms with Crippen molar-refractivity contribution in [2.45, 2.75) is 38.8 Å².